The van der Waals surface area contributed by atoms with Crippen LogP contribution < -0.4 is 15.8 Å². The van der Waals surface area contributed by atoms with Crippen LogP contribution in [0.5, 0.6) is 0 Å². The molecule has 1 atom stereocenters. The predicted octanol–water partition coefficient (Wildman–Crippen LogP) is 3.00. The number of rotatable bonds is 3. The molecule has 1 aromatic carbocycles. The molecule has 1 aromatic rings. The lowest BCUT2D eigenvalue weighted by molar-refractivity contribution is 0.246. The highest BCUT2D eigenvalue weighted by Crippen LogP contribution is 2.23. The van der Waals surface area contributed by atoms with Crippen LogP contribution in [0.25, 0.3) is 0 Å². The summed E-state index contributed by atoms with van der Waals surface area (Å²) in [5.74, 6) is 0. The van der Waals surface area contributed by atoms with Crippen molar-refractivity contribution in [2.75, 3.05) is 5.01 Å². The lowest BCUT2D eigenvalue weighted by Gasteiger charge is -2.24. The van der Waals surface area contributed by atoms with Gasteiger partial charge in [0.1, 0.15) is 5.66 Å². The molecular formula is C12H16BrN3O. The average molecular weight is 298 g/mol. The van der Waals surface area contributed by atoms with E-state index in [0.29, 0.717) is 0 Å². The van der Waals surface area contributed by atoms with Gasteiger partial charge in [-0.3, -0.25) is 0 Å². The van der Waals surface area contributed by atoms with Crippen LogP contribution in [0, 0.1) is 0 Å². The Bertz CT molecular complexity index is 420. The van der Waals surface area contributed by atoms with Gasteiger partial charge in [0, 0.05) is 4.47 Å². The van der Waals surface area contributed by atoms with Crippen molar-refractivity contribution in [3.05, 3.63) is 28.7 Å². The first-order valence-corrected chi connectivity index (χ1v) is 6.49. The summed E-state index contributed by atoms with van der Waals surface area (Å²) in [7, 11) is 0. The summed E-state index contributed by atoms with van der Waals surface area (Å²) in [5.41, 5.74) is 3.70. The van der Waals surface area contributed by atoms with Crippen molar-refractivity contribution in [2.24, 2.45) is 0 Å². The first-order chi connectivity index (χ1) is 8.04. The van der Waals surface area contributed by atoms with E-state index in [1.165, 1.54) is 0 Å². The molecule has 92 valence electrons. The number of benzene rings is 1. The van der Waals surface area contributed by atoms with Crippen LogP contribution in [0.2, 0.25) is 0 Å². The lowest BCUT2D eigenvalue weighted by Crippen LogP contribution is -2.48. The quantitative estimate of drug-likeness (QED) is 0.901. The minimum atomic E-state index is -0.348. The molecule has 0 bridgehead atoms. The number of hydrogen-bond donors (Lipinski definition) is 2. The number of carbonyl (C=O) groups excluding carboxylic acids is 1. The molecule has 1 saturated heterocycles. The summed E-state index contributed by atoms with van der Waals surface area (Å²) in [6, 6.07) is 7.52. The van der Waals surface area contributed by atoms with Gasteiger partial charge in [-0.1, -0.05) is 29.3 Å². The third-order valence-corrected chi connectivity index (χ3v) is 3.31. The van der Waals surface area contributed by atoms with Crippen LogP contribution in [0.15, 0.2) is 28.7 Å². The first kappa shape index (κ1) is 12.4. The Hall–Kier alpha value is -1.07. The van der Waals surface area contributed by atoms with E-state index in [4.69, 9.17) is 0 Å². The minimum absolute atomic E-state index is 0.108. The topological polar surface area (TPSA) is 44.4 Å². The van der Waals surface area contributed by atoms with Crippen LogP contribution in [0.3, 0.4) is 0 Å². The summed E-state index contributed by atoms with van der Waals surface area (Å²) >= 11 is 3.38. The predicted molar refractivity (Wildman–Crippen MR) is 71.6 cm³/mol. The molecule has 0 unspecified atom stereocenters. The Labute approximate surface area is 109 Å². The van der Waals surface area contributed by atoms with E-state index in [1.807, 2.05) is 31.2 Å². The fourth-order valence-electron chi connectivity index (χ4n) is 2.01. The summed E-state index contributed by atoms with van der Waals surface area (Å²) < 4.78 is 0.997. The number of carbonyl (C=O) groups is 1. The number of nitrogens with zero attached hydrogens (tertiary/aromatic N) is 1. The molecule has 0 aromatic heterocycles. The standard InChI is InChI=1S/C12H16BrN3O/c1-3-8-12(2)14-11(17)16(15-12)10-6-4-9(13)5-7-10/h4-7,15H,3,8H2,1-2H3,(H,14,17)/t12-/m1/s1. The van der Waals surface area contributed by atoms with Crippen LogP contribution in [-0.2, 0) is 0 Å². The molecule has 17 heavy (non-hydrogen) atoms. The largest absolute Gasteiger partial charge is 0.338 e. The van der Waals surface area contributed by atoms with Crippen LogP contribution >= 0.6 is 15.9 Å². The Kier molecular flexibility index (Phi) is 3.40. The Balaban J connectivity index is 2.18. The van der Waals surface area contributed by atoms with Gasteiger partial charge in [0.15, 0.2) is 0 Å². The molecule has 0 aliphatic carbocycles. The molecule has 0 radical (unpaired) electrons. The molecule has 1 fully saturated rings. The molecular weight excluding hydrogens is 282 g/mol. The Morgan fingerprint density at radius 3 is 2.59 bits per heavy atom. The zero-order valence-electron chi connectivity index (χ0n) is 9.96. The molecule has 2 amide bonds. The zero-order chi connectivity index (χ0) is 12.5. The van der Waals surface area contributed by atoms with Crippen molar-refractivity contribution in [3.63, 3.8) is 0 Å². The number of hydrogen-bond acceptors (Lipinski definition) is 2. The molecule has 2 rings (SSSR count). The maximum absolute atomic E-state index is 11.9. The molecule has 1 aliphatic heterocycles. The smallest absolute Gasteiger partial charge is 0.317 e. The molecule has 1 aliphatic rings. The number of amides is 2. The second kappa shape index (κ2) is 4.66. The van der Waals surface area contributed by atoms with E-state index in [-0.39, 0.29) is 11.7 Å². The third kappa shape index (κ3) is 2.61. The number of nitrogens with one attached hydrogen (secondary N) is 2. The normalized spacial score (nSPS) is 23.9. The van der Waals surface area contributed by atoms with Crippen molar-refractivity contribution in [1.82, 2.24) is 10.7 Å². The summed E-state index contributed by atoms with van der Waals surface area (Å²) in [4.78, 5) is 11.9. The summed E-state index contributed by atoms with van der Waals surface area (Å²) in [6.07, 6.45) is 1.91. The van der Waals surface area contributed by atoms with Gasteiger partial charge in [0.05, 0.1) is 5.69 Å². The number of anilines is 1. The van der Waals surface area contributed by atoms with Crippen molar-refractivity contribution >= 4 is 27.6 Å². The van der Waals surface area contributed by atoms with Crippen LogP contribution in [-0.4, -0.2) is 11.7 Å². The maximum Gasteiger partial charge on any atom is 0.338 e. The van der Waals surface area contributed by atoms with E-state index in [2.05, 4.69) is 33.6 Å². The minimum Gasteiger partial charge on any atom is -0.317 e. The highest BCUT2D eigenvalue weighted by Gasteiger charge is 2.37. The number of hydrazine groups is 1. The van der Waals surface area contributed by atoms with E-state index >= 15 is 0 Å². The highest BCUT2D eigenvalue weighted by molar-refractivity contribution is 9.10. The fraction of sp³-hybridized carbons (Fsp3) is 0.417. The van der Waals surface area contributed by atoms with Gasteiger partial charge in [-0.05, 0) is 37.6 Å². The molecule has 2 N–H and O–H groups in total. The van der Waals surface area contributed by atoms with Gasteiger partial charge in [0.2, 0.25) is 0 Å². The molecule has 0 spiro atoms. The van der Waals surface area contributed by atoms with E-state index < -0.39 is 0 Å². The first-order valence-electron chi connectivity index (χ1n) is 5.70. The van der Waals surface area contributed by atoms with Crippen molar-refractivity contribution in [2.45, 2.75) is 32.4 Å². The monoisotopic (exact) mass is 297 g/mol. The average Bonchev–Trinajstić information content (AvgIpc) is 2.56. The van der Waals surface area contributed by atoms with Gasteiger partial charge in [-0.25, -0.2) is 15.2 Å². The van der Waals surface area contributed by atoms with Crippen molar-refractivity contribution < 1.29 is 4.79 Å². The molecule has 5 heteroatoms. The zero-order valence-corrected chi connectivity index (χ0v) is 11.5. The van der Waals surface area contributed by atoms with Crippen molar-refractivity contribution in [1.29, 1.82) is 0 Å². The van der Waals surface area contributed by atoms with Gasteiger partial charge in [-0.15, -0.1) is 0 Å². The lowest BCUT2D eigenvalue weighted by atomic mass is 10.1. The highest BCUT2D eigenvalue weighted by atomic mass is 79.9. The van der Waals surface area contributed by atoms with Crippen LogP contribution in [0.4, 0.5) is 10.5 Å². The van der Waals surface area contributed by atoms with E-state index in [1.54, 1.807) is 5.01 Å². The maximum atomic E-state index is 11.9. The number of urea groups is 1. The van der Waals surface area contributed by atoms with Gasteiger partial charge < -0.3 is 5.32 Å². The summed E-state index contributed by atoms with van der Waals surface area (Å²) in [5, 5.41) is 4.52. The molecule has 0 saturated carbocycles. The van der Waals surface area contributed by atoms with E-state index in [0.717, 1.165) is 23.0 Å². The molecule has 1 heterocycles. The fourth-order valence-corrected chi connectivity index (χ4v) is 2.27. The Morgan fingerprint density at radius 1 is 1.35 bits per heavy atom. The van der Waals surface area contributed by atoms with E-state index in [9.17, 15) is 4.79 Å². The third-order valence-electron chi connectivity index (χ3n) is 2.78. The Morgan fingerprint density at radius 2 is 2.00 bits per heavy atom. The summed E-state index contributed by atoms with van der Waals surface area (Å²) in [6.45, 7) is 4.09. The second-order valence-corrected chi connectivity index (χ2v) is 5.35. The van der Waals surface area contributed by atoms with Crippen LogP contribution in [0.1, 0.15) is 26.7 Å². The van der Waals surface area contributed by atoms with Gasteiger partial charge in [0.25, 0.3) is 0 Å². The van der Waals surface area contributed by atoms with Gasteiger partial charge in [-0.2, -0.15) is 0 Å². The second-order valence-electron chi connectivity index (χ2n) is 4.44. The number of halogens is 1. The van der Waals surface area contributed by atoms with Gasteiger partial charge >= 0.3 is 6.03 Å². The van der Waals surface area contributed by atoms with Crippen molar-refractivity contribution in [3.8, 4) is 0 Å². The molecule has 4 nitrogen and oxygen atoms in total. The SMILES string of the molecule is CCC[C@]1(C)NC(=O)N(c2ccc(Br)cc2)N1.